The third-order valence-electron chi connectivity index (χ3n) is 2.79. The largest absolute Gasteiger partial charge is 0.467 e. The number of hydrogen-bond donors (Lipinski definition) is 1. The van der Waals surface area contributed by atoms with Gasteiger partial charge in [0.15, 0.2) is 0 Å². The summed E-state index contributed by atoms with van der Waals surface area (Å²) in [6.07, 6.45) is 6.98. The molecule has 0 unspecified atom stereocenters. The van der Waals surface area contributed by atoms with Crippen molar-refractivity contribution in [1.82, 2.24) is 15.0 Å². The van der Waals surface area contributed by atoms with Gasteiger partial charge in [0.25, 0.3) is 0 Å². The lowest BCUT2D eigenvalue weighted by Gasteiger charge is -2.08. The van der Waals surface area contributed by atoms with E-state index in [9.17, 15) is 0 Å². The van der Waals surface area contributed by atoms with Crippen molar-refractivity contribution >= 4 is 5.95 Å². The number of ether oxygens (including phenoxy) is 2. The molecule has 1 rings (SSSR count). The van der Waals surface area contributed by atoms with Gasteiger partial charge in [0.2, 0.25) is 5.95 Å². The van der Waals surface area contributed by atoms with Crippen molar-refractivity contribution in [2.75, 3.05) is 25.6 Å². The molecular formula is C14H26N4O2. The van der Waals surface area contributed by atoms with Crippen LogP contribution in [0.25, 0.3) is 0 Å². The molecule has 1 N–H and O–H groups in total. The quantitative estimate of drug-likeness (QED) is 0.629. The van der Waals surface area contributed by atoms with Crippen molar-refractivity contribution in [3.8, 4) is 12.0 Å². The summed E-state index contributed by atoms with van der Waals surface area (Å²) in [5.74, 6) is 0.500. The van der Waals surface area contributed by atoms with Crippen LogP contribution < -0.4 is 14.8 Å². The summed E-state index contributed by atoms with van der Waals surface area (Å²) in [5, 5.41) is 3.11. The molecule has 6 nitrogen and oxygen atoms in total. The van der Waals surface area contributed by atoms with E-state index in [2.05, 4.69) is 34.1 Å². The molecule has 0 saturated heterocycles. The Hall–Kier alpha value is -1.59. The van der Waals surface area contributed by atoms with Gasteiger partial charge >= 0.3 is 12.0 Å². The molecule has 0 aliphatic carbocycles. The van der Waals surface area contributed by atoms with E-state index in [-0.39, 0.29) is 6.01 Å². The minimum absolute atomic E-state index is 0.277. The standard InChI is InChI=1S/C14H26N4O2/c1-4-6-7-8-9-11-20-14-17-12(15-10-5-2)16-13(18-14)19-3/h4-11H2,1-3H3,(H,15,16,17,18). The van der Waals surface area contributed by atoms with Crippen LogP contribution in [0.3, 0.4) is 0 Å². The van der Waals surface area contributed by atoms with Crippen molar-refractivity contribution < 1.29 is 9.47 Å². The summed E-state index contributed by atoms with van der Waals surface area (Å²) in [6, 6.07) is 0.602. The summed E-state index contributed by atoms with van der Waals surface area (Å²) in [5.41, 5.74) is 0. The van der Waals surface area contributed by atoms with Crippen LogP contribution in [0.2, 0.25) is 0 Å². The lowest BCUT2D eigenvalue weighted by atomic mass is 10.2. The van der Waals surface area contributed by atoms with Crippen LogP contribution in [0.4, 0.5) is 5.95 Å². The predicted molar refractivity (Wildman–Crippen MR) is 79.4 cm³/mol. The van der Waals surface area contributed by atoms with E-state index < -0.39 is 0 Å². The molecule has 0 bridgehead atoms. The molecule has 0 radical (unpaired) electrons. The molecule has 1 aromatic heterocycles. The van der Waals surface area contributed by atoms with Crippen molar-refractivity contribution in [2.24, 2.45) is 0 Å². The van der Waals surface area contributed by atoms with Crippen LogP contribution >= 0.6 is 0 Å². The number of aromatic nitrogens is 3. The average molecular weight is 282 g/mol. The first-order valence-corrected chi connectivity index (χ1v) is 7.46. The monoisotopic (exact) mass is 282 g/mol. The zero-order valence-electron chi connectivity index (χ0n) is 12.8. The maximum atomic E-state index is 5.57. The number of nitrogens with zero attached hydrogens (tertiary/aromatic N) is 3. The van der Waals surface area contributed by atoms with Gasteiger partial charge in [-0.1, -0.05) is 39.5 Å². The van der Waals surface area contributed by atoms with Crippen molar-refractivity contribution in [2.45, 2.75) is 52.4 Å². The van der Waals surface area contributed by atoms with Crippen LogP contribution in [0.5, 0.6) is 12.0 Å². The fourth-order valence-corrected chi connectivity index (χ4v) is 1.68. The van der Waals surface area contributed by atoms with Crippen molar-refractivity contribution in [3.05, 3.63) is 0 Å². The second-order valence-corrected chi connectivity index (χ2v) is 4.62. The number of unbranched alkanes of at least 4 members (excludes halogenated alkanes) is 4. The van der Waals surface area contributed by atoms with Crippen LogP contribution in [0.1, 0.15) is 52.4 Å². The summed E-state index contributed by atoms with van der Waals surface area (Å²) in [4.78, 5) is 12.4. The zero-order valence-corrected chi connectivity index (χ0v) is 12.8. The Kier molecular flexibility index (Phi) is 8.42. The Labute approximate surface area is 121 Å². The maximum Gasteiger partial charge on any atom is 0.324 e. The van der Waals surface area contributed by atoms with Crippen molar-refractivity contribution in [3.63, 3.8) is 0 Å². The summed E-state index contributed by atoms with van der Waals surface area (Å²) >= 11 is 0. The Balaban J connectivity index is 2.42. The second-order valence-electron chi connectivity index (χ2n) is 4.62. The molecule has 20 heavy (non-hydrogen) atoms. The van der Waals surface area contributed by atoms with Gasteiger partial charge in [-0.2, -0.15) is 9.97 Å². The van der Waals surface area contributed by atoms with Gasteiger partial charge in [-0.3, -0.25) is 0 Å². The average Bonchev–Trinajstić information content (AvgIpc) is 2.48. The molecule has 0 aliphatic heterocycles. The highest BCUT2D eigenvalue weighted by molar-refractivity contribution is 5.27. The molecule has 0 saturated carbocycles. The third kappa shape index (κ3) is 6.54. The van der Waals surface area contributed by atoms with E-state index in [1.165, 1.54) is 32.8 Å². The van der Waals surface area contributed by atoms with E-state index in [4.69, 9.17) is 9.47 Å². The Morgan fingerprint density at radius 1 is 0.900 bits per heavy atom. The maximum absolute atomic E-state index is 5.57. The second kappa shape index (κ2) is 10.2. The summed E-state index contributed by atoms with van der Waals surface area (Å²) < 4.78 is 10.6. The molecule has 0 fully saturated rings. The van der Waals surface area contributed by atoms with Gasteiger partial charge in [-0.25, -0.2) is 0 Å². The van der Waals surface area contributed by atoms with Gasteiger partial charge in [-0.05, 0) is 12.8 Å². The van der Waals surface area contributed by atoms with E-state index in [0.29, 0.717) is 18.6 Å². The highest BCUT2D eigenvalue weighted by Gasteiger charge is 2.07. The highest BCUT2D eigenvalue weighted by Crippen LogP contribution is 2.13. The smallest absolute Gasteiger partial charge is 0.324 e. The highest BCUT2D eigenvalue weighted by atomic mass is 16.5. The molecule has 0 aromatic carbocycles. The van der Waals surface area contributed by atoms with Crippen molar-refractivity contribution in [1.29, 1.82) is 0 Å². The van der Waals surface area contributed by atoms with Gasteiger partial charge in [0, 0.05) is 6.54 Å². The number of nitrogens with one attached hydrogen (secondary N) is 1. The van der Waals surface area contributed by atoms with Gasteiger partial charge in [0.1, 0.15) is 0 Å². The fourth-order valence-electron chi connectivity index (χ4n) is 1.68. The first kappa shape index (κ1) is 16.5. The van der Waals surface area contributed by atoms with Crippen LogP contribution in [-0.4, -0.2) is 35.2 Å². The molecule has 1 aromatic rings. The van der Waals surface area contributed by atoms with Crippen LogP contribution in [0, 0.1) is 0 Å². The van der Waals surface area contributed by atoms with E-state index in [0.717, 1.165) is 19.4 Å². The SMILES string of the molecule is CCCCCCCOc1nc(NCCC)nc(OC)n1. The Morgan fingerprint density at radius 2 is 1.65 bits per heavy atom. The van der Waals surface area contributed by atoms with Gasteiger partial charge in [-0.15, -0.1) is 4.98 Å². The van der Waals surface area contributed by atoms with E-state index in [1.807, 2.05) is 0 Å². The number of methoxy groups -OCH3 is 1. The minimum atomic E-state index is 0.277. The third-order valence-corrected chi connectivity index (χ3v) is 2.79. The van der Waals surface area contributed by atoms with Crippen LogP contribution in [-0.2, 0) is 0 Å². The van der Waals surface area contributed by atoms with Gasteiger partial charge in [0.05, 0.1) is 13.7 Å². The van der Waals surface area contributed by atoms with Gasteiger partial charge < -0.3 is 14.8 Å². The first-order valence-electron chi connectivity index (χ1n) is 7.46. The van der Waals surface area contributed by atoms with Crippen LogP contribution in [0.15, 0.2) is 0 Å². The summed E-state index contributed by atoms with van der Waals surface area (Å²) in [7, 11) is 1.54. The lowest BCUT2D eigenvalue weighted by molar-refractivity contribution is 0.272. The summed E-state index contributed by atoms with van der Waals surface area (Å²) in [6.45, 7) is 5.73. The molecule has 6 heteroatoms. The Bertz CT molecular complexity index is 374. The molecule has 0 atom stereocenters. The van der Waals surface area contributed by atoms with E-state index in [1.54, 1.807) is 0 Å². The normalized spacial score (nSPS) is 10.3. The molecular weight excluding hydrogens is 256 g/mol. The number of rotatable bonds is 11. The molecule has 1 heterocycles. The fraction of sp³-hybridized carbons (Fsp3) is 0.786. The molecule has 0 aliphatic rings. The predicted octanol–water partition coefficient (Wildman–Crippen LogP) is 3.05. The van der Waals surface area contributed by atoms with E-state index >= 15 is 0 Å². The number of anilines is 1. The molecule has 0 spiro atoms. The first-order chi connectivity index (χ1) is 9.80. The topological polar surface area (TPSA) is 69.2 Å². The minimum Gasteiger partial charge on any atom is -0.467 e. The number of hydrogen-bond acceptors (Lipinski definition) is 6. The lowest BCUT2D eigenvalue weighted by Crippen LogP contribution is -2.09. The molecule has 114 valence electrons. The molecule has 0 amide bonds. The Morgan fingerprint density at radius 3 is 2.35 bits per heavy atom. The zero-order chi connectivity index (χ0) is 14.6.